The number of hydrogen-bond donors (Lipinski definition) is 0. The lowest BCUT2D eigenvalue weighted by molar-refractivity contribution is -0.135. The Bertz CT molecular complexity index is 484. The smallest absolute Gasteiger partial charge is 0.216 e. The van der Waals surface area contributed by atoms with Crippen LogP contribution in [0.25, 0.3) is 0 Å². The third-order valence-electron chi connectivity index (χ3n) is 2.64. The predicted molar refractivity (Wildman–Crippen MR) is 69.4 cm³/mol. The Morgan fingerprint density at radius 3 is 2.56 bits per heavy atom. The molecule has 5 heteroatoms. The number of halogens is 1. The fourth-order valence-electron chi connectivity index (χ4n) is 1.67. The molecule has 4 nitrogen and oxygen atoms in total. The molecule has 0 fully saturated rings. The summed E-state index contributed by atoms with van der Waals surface area (Å²) < 4.78 is 11.0. The molecule has 0 aromatic heterocycles. The number of alkyl halides is 1. The summed E-state index contributed by atoms with van der Waals surface area (Å²) in [5.74, 6) is 0.352. The Hall–Kier alpha value is -1.36. The molecule has 1 heterocycles. The Morgan fingerprint density at radius 2 is 1.89 bits per heavy atom. The summed E-state index contributed by atoms with van der Waals surface area (Å²) in [7, 11) is 0. The van der Waals surface area contributed by atoms with E-state index in [4.69, 9.17) is 9.47 Å². The van der Waals surface area contributed by atoms with Gasteiger partial charge in [-0.05, 0) is 17.7 Å². The quantitative estimate of drug-likeness (QED) is 0.635. The topological polar surface area (TPSA) is 52.6 Å². The number of hydrogen-bond acceptors (Lipinski definition) is 4. The maximum Gasteiger partial charge on any atom is 0.216 e. The summed E-state index contributed by atoms with van der Waals surface area (Å²) in [4.78, 5) is 22.0. The number of benzene rings is 1. The van der Waals surface area contributed by atoms with Crippen molar-refractivity contribution in [2.24, 2.45) is 0 Å². The van der Waals surface area contributed by atoms with Gasteiger partial charge in [-0.1, -0.05) is 22.0 Å². The summed E-state index contributed by atoms with van der Waals surface area (Å²) in [5.41, 5.74) is 0.694. The average molecular weight is 313 g/mol. The van der Waals surface area contributed by atoms with Gasteiger partial charge in [0.15, 0.2) is 17.3 Å². The van der Waals surface area contributed by atoms with Gasteiger partial charge >= 0.3 is 0 Å². The molecule has 2 rings (SSSR count). The Morgan fingerprint density at radius 1 is 1.22 bits per heavy atom. The van der Waals surface area contributed by atoms with Crippen LogP contribution in [0.4, 0.5) is 0 Å². The largest absolute Gasteiger partial charge is 0.490 e. The van der Waals surface area contributed by atoms with Crippen molar-refractivity contribution in [1.29, 1.82) is 0 Å². The minimum atomic E-state index is -0.632. The standard InChI is InChI=1S/C13H13BrO4/c1-8(15)13(16)12(14)9-3-4-10-11(7-9)18-6-2-5-17-10/h3-4,7,12H,2,5-6H2,1H3. The van der Waals surface area contributed by atoms with Crippen LogP contribution in [0.1, 0.15) is 23.7 Å². The van der Waals surface area contributed by atoms with Gasteiger partial charge in [-0.25, -0.2) is 0 Å². The van der Waals surface area contributed by atoms with E-state index >= 15 is 0 Å². The lowest BCUT2D eigenvalue weighted by atomic mass is 10.1. The van der Waals surface area contributed by atoms with E-state index < -0.39 is 16.4 Å². The zero-order valence-corrected chi connectivity index (χ0v) is 11.5. The molecule has 0 aliphatic carbocycles. The minimum absolute atomic E-state index is 0.468. The van der Waals surface area contributed by atoms with Crippen molar-refractivity contribution < 1.29 is 19.1 Å². The third-order valence-corrected chi connectivity index (χ3v) is 3.59. The first-order valence-corrected chi connectivity index (χ1v) is 6.59. The average Bonchev–Trinajstić information content (AvgIpc) is 2.60. The van der Waals surface area contributed by atoms with Crippen LogP contribution in [0.15, 0.2) is 18.2 Å². The van der Waals surface area contributed by atoms with Crippen LogP contribution in [0.5, 0.6) is 11.5 Å². The van der Waals surface area contributed by atoms with E-state index in [0.29, 0.717) is 30.3 Å². The van der Waals surface area contributed by atoms with Crippen LogP contribution in [0.3, 0.4) is 0 Å². The maximum atomic E-state index is 11.6. The highest BCUT2D eigenvalue weighted by molar-refractivity contribution is 9.09. The van der Waals surface area contributed by atoms with Crippen molar-refractivity contribution in [1.82, 2.24) is 0 Å². The molecule has 1 unspecified atom stereocenters. The van der Waals surface area contributed by atoms with Gasteiger partial charge in [-0.3, -0.25) is 9.59 Å². The van der Waals surface area contributed by atoms with Gasteiger partial charge in [0.1, 0.15) is 4.83 Å². The highest BCUT2D eigenvalue weighted by Gasteiger charge is 2.22. The molecule has 0 bridgehead atoms. The zero-order valence-electron chi connectivity index (χ0n) is 9.94. The number of carbonyl (C=O) groups excluding carboxylic acids is 2. The van der Waals surface area contributed by atoms with Crippen molar-refractivity contribution >= 4 is 27.5 Å². The van der Waals surface area contributed by atoms with Crippen LogP contribution < -0.4 is 9.47 Å². The molecule has 96 valence electrons. The Balaban J connectivity index is 2.27. The monoisotopic (exact) mass is 312 g/mol. The van der Waals surface area contributed by atoms with Gasteiger partial charge in [-0.15, -0.1) is 0 Å². The van der Waals surface area contributed by atoms with Crippen molar-refractivity contribution in [3.8, 4) is 11.5 Å². The lowest BCUT2D eigenvalue weighted by Gasteiger charge is -2.11. The third kappa shape index (κ3) is 2.72. The van der Waals surface area contributed by atoms with Gasteiger partial charge in [0.2, 0.25) is 5.78 Å². The normalized spacial score (nSPS) is 15.7. The van der Waals surface area contributed by atoms with Gasteiger partial charge in [0.25, 0.3) is 0 Å². The van der Waals surface area contributed by atoms with E-state index in [0.717, 1.165) is 6.42 Å². The molecule has 0 N–H and O–H groups in total. The zero-order chi connectivity index (χ0) is 13.1. The molecule has 0 amide bonds. The minimum Gasteiger partial charge on any atom is -0.490 e. The first-order valence-electron chi connectivity index (χ1n) is 5.68. The molecule has 0 saturated carbocycles. The fraction of sp³-hybridized carbons (Fsp3) is 0.385. The molecule has 1 aromatic carbocycles. The van der Waals surface area contributed by atoms with Crippen molar-refractivity contribution in [3.63, 3.8) is 0 Å². The molecule has 18 heavy (non-hydrogen) atoms. The van der Waals surface area contributed by atoms with Gasteiger partial charge in [0, 0.05) is 13.3 Å². The Kier molecular flexibility index (Phi) is 4.01. The van der Waals surface area contributed by atoms with Crippen LogP contribution in [0.2, 0.25) is 0 Å². The second-order valence-corrected chi connectivity index (χ2v) is 4.96. The number of ketones is 2. The summed E-state index contributed by atoms with van der Waals surface area (Å²) in [6.45, 7) is 2.47. The molecule has 1 aromatic rings. The number of rotatable bonds is 3. The first kappa shape index (κ1) is 13.1. The van der Waals surface area contributed by atoms with Gasteiger partial charge < -0.3 is 9.47 Å². The second kappa shape index (κ2) is 5.52. The first-order chi connectivity index (χ1) is 8.59. The SMILES string of the molecule is CC(=O)C(=O)C(Br)c1ccc2c(c1)OCCCO2. The molecule has 1 aliphatic rings. The van der Waals surface area contributed by atoms with Crippen LogP contribution in [0, 0.1) is 0 Å². The molecular weight excluding hydrogens is 300 g/mol. The Labute approximate surface area is 113 Å². The fourth-order valence-corrected chi connectivity index (χ4v) is 2.27. The summed E-state index contributed by atoms with van der Waals surface area (Å²) in [5, 5.41) is 0. The van der Waals surface area contributed by atoms with E-state index in [1.807, 2.05) is 0 Å². The summed E-state index contributed by atoms with van der Waals surface area (Å²) >= 11 is 3.23. The molecule has 0 spiro atoms. The highest BCUT2D eigenvalue weighted by atomic mass is 79.9. The lowest BCUT2D eigenvalue weighted by Crippen LogP contribution is -2.15. The summed E-state index contributed by atoms with van der Waals surface area (Å²) in [6, 6.07) is 5.26. The van der Waals surface area contributed by atoms with E-state index in [2.05, 4.69) is 15.9 Å². The van der Waals surface area contributed by atoms with Crippen LogP contribution >= 0.6 is 15.9 Å². The highest BCUT2D eigenvalue weighted by Crippen LogP contribution is 2.34. The van der Waals surface area contributed by atoms with E-state index in [1.165, 1.54) is 6.92 Å². The number of carbonyl (C=O) groups is 2. The molecule has 0 saturated heterocycles. The van der Waals surface area contributed by atoms with Crippen LogP contribution in [-0.4, -0.2) is 24.8 Å². The van der Waals surface area contributed by atoms with E-state index in [1.54, 1.807) is 18.2 Å². The molecule has 0 radical (unpaired) electrons. The van der Waals surface area contributed by atoms with E-state index in [9.17, 15) is 9.59 Å². The summed E-state index contributed by atoms with van der Waals surface area (Å²) in [6.07, 6.45) is 0.828. The van der Waals surface area contributed by atoms with Gasteiger partial charge in [0.05, 0.1) is 13.2 Å². The molecule has 1 atom stereocenters. The number of Topliss-reactive ketones (excluding diaryl/α,β-unsaturated/α-hetero) is 2. The van der Waals surface area contributed by atoms with Crippen molar-refractivity contribution in [3.05, 3.63) is 23.8 Å². The molecule has 1 aliphatic heterocycles. The maximum absolute atomic E-state index is 11.6. The predicted octanol–water partition coefficient (Wildman–Crippen LogP) is 2.44. The van der Waals surface area contributed by atoms with Crippen molar-refractivity contribution in [2.45, 2.75) is 18.2 Å². The number of fused-ring (bicyclic) bond motifs is 1. The number of ether oxygens (including phenoxy) is 2. The molecular formula is C13H13BrO4. The second-order valence-electron chi connectivity index (χ2n) is 4.04. The van der Waals surface area contributed by atoms with Crippen LogP contribution in [-0.2, 0) is 9.59 Å². The van der Waals surface area contributed by atoms with Gasteiger partial charge in [-0.2, -0.15) is 0 Å². The van der Waals surface area contributed by atoms with E-state index in [-0.39, 0.29) is 0 Å². The van der Waals surface area contributed by atoms with Crippen molar-refractivity contribution in [2.75, 3.05) is 13.2 Å².